The molecule has 5 nitrogen and oxygen atoms in total. The van der Waals surface area contributed by atoms with Gasteiger partial charge in [0.1, 0.15) is 0 Å². The third-order valence-corrected chi connectivity index (χ3v) is 4.52. The SMILES string of the molecule is CN(C)C1(CNC(=O)[C@@H]2C[C@@H]2C(=O)O)CCCC1. The van der Waals surface area contributed by atoms with E-state index in [4.69, 9.17) is 5.11 Å². The molecule has 5 heteroatoms. The molecule has 2 atom stereocenters. The minimum absolute atomic E-state index is 0.0727. The van der Waals surface area contributed by atoms with Crippen LogP contribution in [0.1, 0.15) is 32.1 Å². The van der Waals surface area contributed by atoms with Crippen LogP contribution in [-0.4, -0.2) is 48.1 Å². The molecule has 0 bridgehead atoms. The second-order valence-electron chi connectivity index (χ2n) is 5.83. The molecule has 102 valence electrons. The average molecular weight is 254 g/mol. The molecule has 2 aliphatic rings. The summed E-state index contributed by atoms with van der Waals surface area (Å²) in [5, 5.41) is 11.8. The Labute approximate surface area is 108 Å². The number of nitrogens with zero attached hydrogens (tertiary/aromatic N) is 1. The average Bonchev–Trinajstić information content (AvgIpc) is 2.98. The van der Waals surface area contributed by atoms with E-state index in [1.165, 1.54) is 12.8 Å². The predicted molar refractivity (Wildman–Crippen MR) is 67.1 cm³/mol. The molecule has 0 radical (unpaired) electrons. The van der Waals surface area contributed by atoms with Crippen LogP contribution in [0.25, 0.3) is 0 Å². The minimum Gasteiger partial charge on any atom is -0.481 e. The van der Waals surface area contributed by atoms with E-state index in [1.807, 2.05) is 0 Å². The van der Waals surface area contributed by atoms with E-state index in [1.54, 1.807) is 0 Å². The maximum Gasteiger partial charge on any atom is 0.307 e. The standard InChI is InChI=1S/C13H22N2O3/c1-15(2)13(5-3-4-6-13)8-14-11(16)9-7-10(9)12(17)18/h9-10H,3-8H2,1-2H3,(H,14,16)(H,17,18)/t9-,10+/m1/s1. The first-order valence-corrected chi connectivity index (χ1v) is 6.64. The van der Waals surface area contributed by atoms with E-state index < -0.39 is 11.9 Å². The Balaban J connectivity index is 1.84. The summed E-state index contributed by atoms with van der Waals surface area (Å²) in [6, 6.07) is 0. The van der Waals surface area contributed by atoms with Crippen molar-refractivity contribution in [1.29, 1.82) is 0 Å². The molecule has 2 rings (SSSR count). The van der Waals surface area contributed by atoms with Gasteiger partial charge in [0.2, 0.25) is 5.91 Å². The van der Waals surface area contributed by atoms with Gasteiger partial charge in [0, 0.05) is 12.1 Å². The number of nitrogens with one attached hydrogen (secondary N) is 1. The first-order valence-electron chi connectivity index (χ1n) is 6.64. The zero-order valence-corrected chi connectivity index (χ0v) is 11.1. The maximum absolute atomic E-state index is 11.8. The van der Waals surface area contributed by atoms with Crippen LogP contribution in [0, 0.1) is 11.8 Å². The topological polar surface area (TPSA) is 69.6 Å². The van der Waals surface area contributed by atoms with Crippen molar-refractivity contribution in [3.8, 4) is 0 Å². The Morgan fingerprint density at radius 3 is 2.33 bits per heavy atom. The van der Waals surface area contributed by atoms with Gasteiger partial charge in [0.25, 0.3) is 0 Å². The number of amides is 1. The fourth-order valence-electron chi connectivity index (χ4n) is 2.96. The molecular formula is C13H22N2O3. The van der Waals surface area contributed by atoms with Crippen molar-refractivity contribution in [1.82, 2.24) is 10.2 Å². The van der Waals surface area contributed by atoms with Gasteiger partial charge in [-0.1, -0.05) is 12.8 Å². The Hall–Kier alpha value is -1.10. The predicted octanol–water partition coefficient (Wildman–Crippen LogP) is 0.698. The number of carboxylic acids is 1. The Morgan fingerprint density at radius 2 is 1.89 bits per heavy atom. The molecule has 0 spiro atoms. The lowest BCUT2D eigenvalue weighted by molar-refractivity contribution is -0.140. The van der Waals surface area contributed by atoms with E-state index in [0.29, 0.717) is 13.0 Å². The van der Waals surface area contributed by atoms with Gasteiger partial charge in [-0.25, -0.2) is 0 Å². The Kier molecular flexibility index (Phi) is 3.61. The first-order chi connectivity index (χ1) is 8.46. The molecular weight excluding hydrogens is 232 g/mol. The molecule has 2 aliphatic carbocycles. The van der Waals surface area contributed by atoms with Gasteiger partial charge in [0.15, 0.2) is 0 Å². The molecule has 2 fully saturated rings. The van der Waals surface area contributed by atoms with Crippen molar-refractivity contribution >= 4 is 11.9 Å². The van der Waals surface area contributed by atoms with Gasteiger partial charge in [-0.2, -0.15) is 0 Å². The van der Waals surface area contributed by atoms with E-state index in [9.17, 15) is 9.59 Å². The van der Waals surface area contributed by atoms with E-state index in [2.05, 4.69) is 24.3 Å². The zero-order chi connectivity index (χ0) is 13.3. The smallest absolute Gasteiger partial charge is 0.307 e. The van der Waals surface area contributed by atoms with Crippen LogP contribution >= 0.6 is 0 Å². The lowest BCUT2D eigenvalue weighted by atomic mass is 9.96. The highest BCUT2D eigenvalue weighted by molar-refractivity contribution is 5.89. The molecule has 0 aromatic rings. The summed E-state index contributed by atoms with van der Waals surface area (Å²) in [7, 11) is 4.10. The van der Waals surface area contributed by atoms with E-state index >= 15 is 0 Å². The molecule has 0 aliphatic heterocycles. The van der Waals surface area contributed by atoms with Gasteiger partial charge >= 0.3 is 5.97 Å². The van der Waals surface area contributed by atoms with Crippen LogP contribution < -0.4 is 5.32 Å². The van der Waals surface area contributed by atoms with Gasteiger partial charge in [-0.3, -0.25) is 9.59 Å². The summed E-state index contributed by atoms with van der Waals surface area (Å²) in [5.41, 5.74) is 0.0727. The Bertz CT molecular complexity index is 348. The highest BCUT2D eigenvalue weighted by Gasteiger charge is 2.48. The van der Waals surface area contributed by atoms with Crippen molar-refractivity contribution in [3.63, 3.8) is 0 Å². The lowest BCUT2D eigenvalue weighted by Crippen LogP contribution is -2.51. The van der Waals surface area contributed by atoms with Gasteiger partial charge < -0.3 is 15.3 Å². The van der Waals surface area contributed by atoms with Crippen LogP contribution in [0.5, 0.6) is 0 Å². The Morgan fingerprint density at radius 1 is 1.28 bits per heavy atom. The molecule has 0 heterocycles. The summed E-state index contributed by atoms with van der Waals surface area (Å²) in [5.74, 6) is -1.69. The zero-order valence-electron chi connectivity index (χ0n) is 11.1. The molecule has 0 saturated heterocycles. The number of carbonyl (C=O) groups is 2. The van der Waals surface area contributed by atoms with Crippen molar-refractivity contribution < 1.29 is 14.7 Å². The van der Waals surface area contributed by atoms with Gasteiger partial charge in [0.05, 0.1) is 11.8 Å². The number of hydrogen-bond acceptors (Lipinski definition) is 3. The van der Waals surface area contributed by atoms with Gasteiger partial charge in [-0.05, 0) is 33.4 Å². The third-order valence-electron chi connectivity index (χ3n) is 4.52. The fourth-order valence-corrected chi connectivity index (χ4v) is 2.96. The number of aliphatic carboxylic acids is 1. The molecule has 2 saturated carbocycles. The summed E-state index contributed by atoms with van der Waals surface area (Å²) in [4.78, 5) is 24.8. The molecule has 0 aromatic heterocycles. The van der Waals surface area contributed by atoms with Crippen LogP contribution in [0.3, 0.4) is 0 Å². The number of carboxylic acid groups (broad SMARTS) is 1. The molecule has 18 heavy (non-hydrogen) atoms. The summed E-state index contributed by atoms with van der Waals surface area (Å²) in [6.07, 6.45) is 5.11. The van der Waals surface area contributed by atoms with Crippen molar-refractivity contribution in [2.75, 3.05) is 20.6 Å². The molecule has 0 aromatic carbocycles. The quantitative estimate of drug-likeness (QED) is 0.757. The third kappa shape index (κ3) is 2.51. The lowest BCUT2D eigenvalue weighted by Gasteiger charge is -2.36. The number of rotatable bonds is 5. The van der Waals surface area contributed by atoms with Crippen LogP contribution in [-0.2, 0) is 9.59 Å². The highest BCUT2D eigenvalue weighted by Crippen LogP contribution is 2.39. The normalized spacial score (nSPS) is 29.3. The highest BCUT2D eigenvalue weighted by atomic mass is 16.4. The van der Waals surface area contributed by atoms with Crippen molar-refractivity contribution in [2.24, 2.45) is 11.8 Å². The van der Waals surface area contributed by atoms with E-state index in [-0.39, 0.29) is 17.4 Å². The summed E-state index contributed by atoms with van der Waals surface area (Å²) >= 11 is 0. The minimum atomic E-state index is -0.849. The molecule has 0 unspecified atom stereocenters. The molecule has 1 amide bonds. The molecule has 2 N–H and O–H groups in total. The second-order valence-corrected chi connectivity index (χ2v) is 5.83. The van der Waals surface area contributed by atoms with Crippen LogP contribution in [0.2, 0.25) is 0 Å². The second kappa shape index (κ2) is 4.88. The first kappa shape index (κ1) is 13.3. The number of likely N-dealkylation sites (N-methyl/N-ethyl adjacent to an activating group) is 1. The fraction of sp³-hybridized carbons (Fsp3) is 0.846. The van der Waals surface area contributed by atoms with E-state index in [0.717, 1.165) is 12.8 Å². The summed E-state index contributed by atoms with van der Waals surface area (Å²) < 4.78 is 0. The van der Waals surface area contributed by atoms with Gasteiger partial charge in [-0.15, -0.1) is 0 Å². The number of hydrogen-bond donors (Lipinski definition) is 2. The summed E-state index contributed by atoms with van der Waals surface area (Å²) in [6.45, 7) is 0.641. The van der Waals surface area contributed by atoms with Crippen molar-refractivity contribution in [2.45, 2.75) is 37.6 Å². The van der Waals surface area contributed by atoms with Crippen molar-refractivity contribution in [3.05, 3.63) is 0 Å². The largest absolute Gasteiger partial charge is 0.481 e. The monoisotopic (exact) mass is 254 g/mol. The van der Waals surface area contributed by atoms with Crippen LogP contribution in [0.15, 0.2) is 0 Å². The van der Waals surface area contributed by atoms with Crippen LogP contribution in [0.4, 0.5) is 0 Å². The number of carbonyl (C=O) groups excluding carboxylic acids is 1. The maximum atomic E-state index is 11.8.